The summed E-state index contributed by atoms with van der Waals surface area (Å²) >= 11 is 0. The number of aromatic nitrogens is 1. The molecule has 118 valence electrons. The third kappa shape index (κ3) is 3.59. The van der Waals surface area contributed by atoms with Gasteiger partial charge in [-0.2, -0.15) is 0 Å². The van der Waals surface area contributed by atoms with Crippen LogP contribution in [0.4, 0.5) is 0 Å². The van der Waals surface area contributed by atoms with Gasteiger partial charge in [-0.05, 0) is 29.0 Å². The van der Waals surface area contributed by atoms with E-state index in [1.165, 1.54) is 0 Å². The van der Waals surface area contributed by atoms with E-state index in [1.807, 2.05) is 30.3 Å². The number of hydrogen-bond acceptors (Lipinski definition) is 3. The fourth-order valence-corrected chi connectivity index (χ4v) is 2.34. The summed E-state index contributed by atoms with van der Waals surface area (Å²) in [5, 5.41) is 10.7. The molecule has 22 heavy (non-hydrogen) atoms. The van der Waals surface area contributed by atoms with Crippen LogP contribution in [-0.2, 0) is 10.8 Å². The summed E-state index contributed by atoms with van der Waals surface area (Å²) in [5.74, 6) is 1.60. The summed E-state index contributed by atoms with van der Waals surface area (Å²) in [5.41, 5.74) is 1.41. The van der Waals surface area contributed by atoms with Gasteiger partial charge in [0.25, 0.3) is 0 Å². The second-order valence-corrected chi connectivity index (χ2v) is 7.64. The molecule has 0 spiro atoms. The van der Waals surface area contributed by atoms with Gasteiger partial charge in [0.05, 0.1) is 0 Å². The smallest absolute Gasteiger partial charge is 0.219 e. The minimum Gasteiger partial charge on any atom is -0.507 e. The van der Waals surface area contributed by atoms with Crippen molar-refractivity contribution in [2.45, 2.75) is 52.4 Å². The van der Waals surface area contributed by atoms with E-state index in [4.69, 9.17) is 4.74 Å². The lowest BCUT2D eigenvalue weighted by molar-refractivity contribution is 0.412. The first kappa shape index (κ1) is 16.3. The molecule has 1 aromatic heterocycles. The van der Waals surface area contributed by atoms with Gasteiger partial charge in [0.1, 0.15) is 11.5 Å². The van der Waals surface area contributed by atoms with Gasteiger partial charge in [-0.15, -0.1) is 0 Å². The lowest BCUT2D eigenvalue weighted by Crippen LogP contribution is -2.17. The van der Waals surface area contributed by atoms with Crippen LogP contribution >= 0.6 is 0 Å². The van der Waals surface area contributed by atoms with Crippen LogP contribution < -0.4 is 4.74 Å². The van der Waals surface area contributed by atoms with Crippen molar-refractivity contribution in [2.24, 2.45) is 0 Å². The van der Waals surface area contributed by atoms with Gasteiger partial charge in [-0.25, -0.2) is 4.98 Å². The Hall–Kier alpha value is -2.03. The molecule has 0 aliphatic rings. The molecule has 0 aliphatic carbocycles. The molecule has 3 heteroatoms. The van der Waals surface area contributed by atoms with Crippen LogP contribution in [0, 0.1) is 0 Å². The van der Waals surface area contributed by atoms with Gasteiger partial charge in [0, 0.05) is 23.4 Å². The molecule has 1 aromatic carbocycles. The van der Waals surface area contributed by atoms with E-state index in [-0.39, 0.29) is 10.8 Å². The molecule has 1 heterocycles. The number of aromatic hydroxyl groups is 1. The number of phenolic OH excluding ortho intramolecular Hbond substituents is 1. The molecule has 0 saturated heterocycles. The number of nitrogens with zero attached hydrogens (tertiary/aromatic N) is 1. The highest BCUT2D eigenvalue weighted by Gasteiger charge is 2.27. The summed E-state index contributed by atoms with van der Waals surface area (Å²) in [6.07, 6.45) is 1.70. The lowest BCUT2D eigenvalue weighted by Gasteiger charge is -2.28. The highest BCUT2D eigenvalue weighted by molar-refractivity contribution is 5.52. The van der Waals surface area contributed by atoms with Crippen LogP contribution in [0.5, 0.6) is 17.4 Å². The fraction of sp³-hybridized carbons (Fsp3) is 0.421. The molecule has 0 radical (unpaired) electrons. The average Bonchev–Trinajstić information content (AvgIpc) is 2.39. The van der Waals surface area contributed by atoms with Crippen molar-refractivity contribution in [1.82, 2.24) is 4.98 Å². The van der Waals surface area contributed by atoms with Crippen molar-refractivity contribution < 1.29 is 9.84 Å². The van der Waals surface area contributed by atoms with Gasteiger partial charge in [-0.3, -0.25) is 0 Å². The van der Waals surface area contributed by atoms with E-state index < -0.39 is 0 Å². The van der Waals surface area contributed by atoms with Crippen LogP contribution in [-0.4, -0.2) is 10.1 Å². The number of rotatable bonds is 2. The van der Waals surface area contributed by atoms with E-state index in [9.17, 15) is 5.11 Å². The second kappa shape index (κ2) is 5.64. The van der Waals surface area contributed by atoms with Gasteiger partial charge < -0.3 is 9.84 Å². The van der Waals surface area contributed by atoms with Crippen molar-refractivity contribution >= 4 is 0 Å². The topological polar surface area (TPSA) is 42.4 Å². The van der Waals surface area contributed by atoms with E-state index >= 15 is 0 Å². The Morgan fingerprint density at radius 1 is 0.909 bits per heavy atom. The fourth-order valence-electron chi connectivity index (χ4n) is 2.34. The van der Waals surface area contributed by atoms with E-state index in [1.54, 1.807) is 6.20 Å². The standard InChI is InChI=1S/C19H25NO2/c1-18(2,3)14-11-13(22-16-9-7-8-10-20-16)12-15(17(14)21)19(4,5)6/h7-12,21H,1-6H3. The second-order valence-electron chi connectivity index (χ2n) is 7.64. The SMILES string of the molecule is CC(C)(C)c1cc(Oc2ccccn2)cc(C(C)(C)C)c1O. The average molecular weight is 299 g/mol. The highest BCUT2D eigenvalue weighted by atomic mass is 16.5. The van der Waals surface area contributed by atoms with Gasteiger partial charge in [0.2, 0.25) is 5.88 Å². The van der Waals surface area contributed by atoms with E-state index in [0.717, 1.165) is 11.1 Å². The van der Waals surface area contributed by atoms with Crippen LogP contribution in [0.1, 0.15) is 52.7 Å². The van der Waals surface area contributed by atoms with Gasteiger partial charge >= 0.3 is 0 Å². The third-order valence-electron chi connectivity index (χ3n) is 3.56. The maximum Gasteiger partial charge on any atom is 0.219 e. The monoisotopic (exact) mass is 299 g/mol. The molecule has 0 fully saturated rings. The number of hydrogen-bond donors (Lipinski definition) is 1. The molecule has 0 bridgehead atoms. The van der Waals surface area contributed by atoms with Crippen LogP contribution in [0.2, 0.25) is 0 Å². The molecule has 2 aromatic rings. The quantitative estimate of drug-likeness (QED) is 0.831. The Bertz CT molecular complexity index is 614. The van der Waals surface area contributed by atoms with Gasteiger partial charge in [-0.1, -0.05) is 47.6 Å². The van der Waals surface area contributed by atoms with Crippen molar-refractivity contribution in [3.63, 3.8) is 0 Å². The predicted octanol–water partition coefficient (Wildman–Crippen LogP) is 5.17. The molecule has 3 nitrogen and oxygen atoms in total. The predicted molar refractivity (Wildman–Crippen MR) is 89.8 cm³/mol. The molecular weight excluding hydrogens is 274 g/mol. The van der Waals surface area contributed by atoms with Crippen molar-refractivity contribution in [3.05, 3.63) is 47.7 Å². The molecule has 1 N–H and O–H groups in total. The summed E-state index contributed by atoms with van der Waals surface area (Å²) in [6.45, 7) is 12.5. The number of benzene rings is 1. The first-order chi connectivity index (χ1) is 10.1. The molecule has 0 saturated carbocycles. The minimum atomic E-state index is -0.173. The Morgan fingerprint density at radius 3 is 1.86 bits per heavy atom. The van der Waals surface area contributed by atoms with Crippen LogP contribution in [0.15, 0.2) is 36.5 Å². The van der Waals surface area contributed by atoms with E-state index in [2.05, 4.69) is 46.5 Å². The highest BCUT2D eigenvalue weighted by Crippen LogP contribution is 2.42. The molecule has 0 atom stereocenters. The molecule has 0 aliphatic heterocycles. The molecule has 0 amide bonds. The minimum absolute atomic E-state index is 0.173. The zero-order chi connectivity index (χ0) is 16.5. The molecule has 2 rings (SSSR count). The summed E-state index contributed by atoms with van der Waals surface area (Å²) in [4.78, 5) is 4.20. The summed E-state index contributed by atoms with van der Waals surface area (Å²) < 4.78 is 5.88. The Kier molecular flexibility index (Phi) is 4.19. The molecule has 0 unspecified atom stereocenters. The number of phenols is 1. The first-order valence-electron chi connectivity index (χ1n) is 7.56. The Morgan fingerprint density at radius 2 is 1.45 bits per heavy atom. The lowest BCUT2D eigenvalue weighted by atomic mass is 9.79. The van der Waals surface area contributed by atoms with Crippen LogP contribution in [0.25, 0.3) is 0 Å². The summed E-state index contributed by atoms with van der Waals surface area (Å²) in [6, 6.07) is 9.36. The first-order valence-corrected chi connectivity index (χ1v) is 7.56. The maximum atomic E-state index is 10.7. The maximum absolute atomic E-state index is 10.7. The van der Waals surface area contributed by atoms with Crippen molar-refractivity contribution in [1.29, 1.82) is 0 Å². The molecular formula is C19H25NO2. The zero-order valence-corrected chi connectivity index (χ0v) is 14.3. The number of ether oxygens (including phenoxy) is 1. The third-order valence-corrected chi connectivity index (χ3v) is 3.56. The van der Waals surface area contributed by atoms with E-state index in [0.29, 0.717) is 17.4 Å². The van der Waals surface area contributed by atoms with Gasteiger partial charge in [0.15, 0.2) is 0 Å². The zero-order valence-electron chi connectivity index (χ0n) is 14.3. The Balaban J connectivity index is 2.56. The normalized spacial score (nSPS) is 12.3. The van der Waals surface area contributed by atoms with Crippen molar-refractivity contribution in [3.8, 4) is 17.4 Å². The summed E-state index contributed by atoms with van der Waals surface area (Å²) in [7, 11) is 0. The largest absolute Gasteiger partial charge is 0.507 e. The number of pyridine rings is 1. The van der Waals surface area contributed by atoms with Crippen molar-refractivity contribution in [2.75, 3.05) is 0 Å². The van der Waals surface area contributed by atoms with Crippen LogP contribution in [0.3, 0.4) is 0 Å². The Labute approximate surface area is 133 Å².